The Balaban J connectivity index is 1.86. The average Bonchev–Trinajstić information content (AvgIpc) is 2.95. The van der Waals surface area contributed by atoms with Crippen LogP contribution in [-0.2, 0) is 0 Å². The summed E-state index contributed by atoms with van der Waals surface area (Å²) in [5.74, 6) is -1.32. The number of hydrogen-bond donors (Lipinski definition) is 2. The molecule has 0 aliphatic carbocycles. The van der Waals surface area contributed by atoms with E-state index in [-0.39, 0.29) is 11.3 Å². The molecule has 1 aromatic carbocycles. The van der Waals surface area contributed by atoms with Gasteiger partial charge in [0.25, 0.3) is 17.7 Å². The summed E-state index contributed by atoms with van der Waals surface area (Å²) in [6.45, 7) is 1.70. The average molecular weight is 271 g/mol. The van der Waals surface area contributed by atoms with Gasteiger partial charge < -0.3 is 9.84 Å². The van der Waals surface area contributed by atoms with Gasteiger partial charge >= 0.3 is 0 Å². The Morgan fingerprint density at radius 1 is 1.20 bits per heavy atom. The Bertz CT molecular complexity index is 748. The van der Waals surface area contributed by atoms with Gasteiger partial charge in [-0.1, -0.05) is 5.16 Å². The van der Waals surface area contributed by atoms with Gasteiger partial charge in [0.15, 0.2) is 0 Å². The number of aryl methyl sites for hydroxylation is 1. The summed E-state index contributed by atoms with van der Waals surface area (Å²) in [7, 11) is 0. The highest BCUT2D eigenvalue weighted by Gasteiger charge is 2.27. The lowest BCUT2D eigenvalue weighted by atomic mass is 10.1. The van der Waals surface area contributed by atoms with Crippen molar-refractivity contribution in [3.05, 3.63) is 46.8 Å². The lowest BCUT2D eigenvalue weighted by Crippen LogP contribution is -2.19. The van der Waals surface area contributed by atoms with Gasteiger partial charge in [-0.15, -0.1) is 0 Å². The molecule has 2 heterocycles. The number of carbonyl (C=O) groups excluding carboxylic acids is 3. The molecule has 7 heteroatoms. The van der Waals surface area contributed by atoms with E-state index in [1.54, 1.807) is 6.92 Å². The summed E-state index contributed by atoms with van der Waals surface area (Å²) in [5, 5.41) is 8.37. The van der Waals surface area contributed by atoms with Crippen LogP contribution in [0.2, 0.25) is 0 Å². The second kappa shape index (κ2) is 4.30. The van der Waals surface area contributed by atoms with E-state index >= 15 is 0 Å². The number of hydrogen-bond acceptors (Lipinski definition) is 5. The molecule has 3 amide bonds. The first-order chi connectivity index (χ1) is 9.54. The maximum Gasteiger partial charge on any atom is 0.294 e. The van der Waals surface area contributed by atoms with E-state index in [2.05, 4.69) is 15.8 Å². The molecule has 7 nitrogen and oxygen atoms in total. The van der Waals surface area contributed by atoms with Crippen molar-refractivity contribution in [2.24, 2.45) is 0 Å². The Hall–Kier alpha value is -2.96. The molecule has 1 aliphatic heterocycles. The molecule has 1 aromatic heterocycles. The SMILES string of the molecule is Cc1cc(C(=O)Nc2ccc3c(c2)C(=O)NC3=O)on1. The van der Waals surface area contributed by atoms with Gasteiger partial charge in [0.2, 0.25) is 5.76 Å². The zero-order valence-electron chi connectivity index (χ0n) is 10.4. The van der Waals surface area contributed by atoms with Crippen molar-refractivity contribution in [3.63, 3.8) is 0 Å². The fourth-order valence-electron chi connectivity index (χ4n) is 1.91. The van der Waals surface area contributed by atoms with Crippen LogP contribution in [0.4, 0.5) is 5.69 Å². The molecule has 100 valence electrons. The molecule has 0 spiro atoms. The van der Waals surface area contributed by atoms with Crippen molar-refractivity contribution < 1.29 is 18.9 Å². The zero-order chi connectivity index (χ0) is 14.3. The Morgan fingerprint density at radius 2 is 1.95 bits per heavy atom. The normalized spacial score (nSPS) is 13.1. The predicted octanol–water partition coefficient (Wildman–Crippen LogP) is 1.12. The van der Waals surface area contributed by atoms with Crippen molar-refractivity contribution in [3.8, 4) is 0 Å². The first kappa shape index (κ1) is 12.1. The zero-order valence-corrected chi connectivity index (χ0v) is 10.4. The van der Waals surface area contributed by atoms with Crippen LogP contribution in [0.3, 0.4) is 0 Å². The van der Waals surface area contributed by atoms with E-state index in [1.807, 2.05) is 0 Å². The Morgan fingerprint density at radius 3 is 2.65 bits per heavy atom. The maximum absolute atomic E-state index is 11.9. The molecule has 0 saturated heterocycles. The highest BCUT2D eigenvalue weighted by atomic mass is 16.5. The van der Waals surface area contributed by atoms with Gasteiger partial charge in [0.05, 0.1) is 16.8 Å². The Kier molecular flexibility index (Phi) is 2.60. The maximum atomic E-state index is 11.9. The third-order valence-corrected chi connectivity index (χ3v) is 2.85. The highest BCUT2D eigenvalue weighted by molar-refractivity contribution is 6.22. The van der Waals surface area contributed by atoms with E-state index in [1.165, 1.54) is 24.3 Å². The van der Waals surface area contributed by atoms with Crippen LogP contribution >= 0.6 is 0 Å². The summed E-state index contributed by atoms with van der Waals surface area (Å²) in [4.78, 5) is 34.8. The summed E-state index contributed by atoms with van der Waals surface area (Å²) in [5.41, 5.74) is 1.52. The number of imide groups is 1. The van der Waals surface area contributed by atoms with E-state index < -0.39 is 17.7 Å². The quantitative estimate of drug-likeness (QED) is 0.797. The van der Waals surface area contributed by atoms with E-state index in [4.69, 9.17) is 4.52 Å². The molecule has 2 N–H and O–H groups in total. The van der Waals surface area contributed by atoms with Gasteiger partial charge in [0.1, 0.15) is 0 Å². The largest absolute Gasteiger partial charge is 0.351 e. The lowest BCUT2D eigenvalue weighted by Gasteiger charge is -2.03. The molecule has 3 rings (SSSR count). The predicted molar refractivity (Wildman–Crippen MR) is 67.4 cm³/mol. The van der Waals surface area contributed by atoms with Crippen molar-refractivity contribution in [1.82, 2.24) is 10.5 Å². The molecule has 1 aliphatic rings. The Labute approximate surface area is 112 Å². The van der Waals surface area contributed by atoms with Crippen molar-refractivity contribution in [2.75, 3.05) is 5.32 Å². The lowest BCUT2D eigenvalue weighted by molar-refractivity contribution is 0.0878. The molecule has 0 atom stereocenters. The van der Waals surface area contributed by atoms with Gasteiger partial charge in [-0.3, -0.25) is 19.7 Å². The number of rotatable bonds is 2. The third kappa shape index (κ3) is 1.95. The van der Waals surface area contributed by atoms with Crippen LogP contribution < -0.4 is 10.6 Å². The van der Waals surface area contributed by atoms with E-state index in [0.29, 0.717) is 16.9 Å². The van der Waals surface area contributed by atoms with Gasteiger partial charge in [-0.05, 0) is 25.1 Å². The number of amides is 3. The summed E-state index contributed by atoms with van der Waals surface area (Å²) in [6, 6.07) is 5.96. The van der Waals surface area contributed by atoms with Gasteiger partial charge in [0, 0.05) is 11.8 Å². The van der Waals surface area contributed by atoms with Crippen LogP contribution in [-0.4, -0.2) is 22.9 Å². The number of carbonyl (C=O) groups is 3. The number of benzene rings is 1. The molecule has 0 unspecified atom stereocenters. The molecular weight excluding hydrogens is 262 g/mol. The van der Waals surface area contributed by atoms with E-state index in [0.717, 1.165) is 0 Å². The minimum Gasteiger partial charge on any atom is -0.351 e. The number of nitrogens with one attached hydrogen (secondary N) is 2. The monoisotopic (exact) mass is 271 g/mol. The minimum atomic E-state index is -0.477. The summed E-state index contributed by atoms with van der Waals surface area (Å²) >= 11 is 0. The number of fused-ring (bicyclic) bond motifs is 1. The smallest absolute Gasteiger partial charge is 0.294 e. The van der Waals surface area contributed by atoms with Crippen LogP contribution in [0, 0.1) is 6.92 Å². The van der Waals surface area contributed by atoms with Crippen LogP contribution in [0.25, 0.3) is 0 Å². The molecule has 0 saturated carbocycles. The standard InChI is InChI=1S/C13H9N3O4/c1-6-4-10(20-16-6)13(19)14-7-2-3-8-9(5-7)12(18)15-11(8)17/h2-5H,1H3,(H,14,19)(H,15,17,18). The van der Waals surface area contributed by atoms with Gasteiger partial charge in [-0.25, -0.2) is 0 Å². The molecule has 20 heavy (non-hydrogen) atoms. The first-order valence-electron chi connectivity index (χ1n) is 5.79. The van der Waals surface area contributed by atoms with Crippen molar-refractivity contribution >= 4 is 23.4 Å². The van der Waals surface area contributed by atoms with Gasteiger partial charge in [-0.2, -0.15) is 0 Å². The van der Waals surface area contributed by atoms with Crippen LogP contribution in [0.5, 0.6) is 0 Å². The van der Waals surface area contributed by atoms with Crippen LogP contribution in [0.1, 0.15) is 37.0 Å². The fraction of sp³-hybridized carbons (Fsp3) is 0.0769. The van der Waals surface area contributed by atoms with Crippen molar-refractivity contribution in [2.45, 2.75) is 6.92 Å². The molecule has 0 fully saturated rings. The molecular formula is C13H9N3O4. The first-order valence-corrected chi connectivity index (χ1v) is 5.79. The van der Waals surface area contributed by atoms with Crippen LogP contribution in [0.15, 0.2) is 28.8 Å². The summed E-state index contributed by atoms with van der Waals surface area (Å²) in [6.07, 6.45) is 0. The van der Waals surface area contributed by atoms with E-state index in [9.17, 15) is 14.4 Å². The second-order valence-electron chi connectivity index (χ2n) is 4.33. The molecule has 0 radical (unpaired) electrons. The minimum absolute atomic E-state index is 0.0727. The molecule has 2 aromatic rings. The third-order valence-electron chi connectivity index (χ3n) is 2.85. The topological polar surface area (TPSA) is 101 Å². The summed E-state index contributed by atoms with van der Waals surface area (Å²) < 4.78 is 4.83. The number of aromatic nitrogens is 1. The molecule has 0 bridgehead atoms. The highest BCUT2D eigenvalue weighted by Crippen LogP contribution is 2.20. The second-order valence-corrected chi connectivity index (χ2v) is 4.33. The number of nitrogens with zero attached hydrogens (tertiary/aromatic N) is 1. The fourth-order valence-corrected chi connectivity index (χ4v) is 1.91. The van der Waals surface area contributed by atoms with Crippen molar-refractivity contribution in [1.29, 1.82) is 0 Å². The number of anilines is 1.